The molecule has 4 rings (SSSR count). The number of benzene rings is 1. The Labute approximate surface area is 144 Å². The summed E-state index contributed by atoms with van der Waals surface area (Å²) in [6, 6.07) is 7.46. The number of nitrogens with zero attached hydrogens (tertiary/aromatic N) is 3. The van der Waals surface area contributed by atoms with E-state index in [0.29, 0.717) is 12.2 Å². The van der Waals surface area contributed by atoms with Crippen LogP contribution in [0.1, 0.15) is 12.0 Å². The third-order valence-corrected chi connectivity index (χ3v) is 5.08. The predicted molar refractivity (Wildman–Crippen MR) is 89.5 cm³/mol. The van der Waals surface area contributed by atoms with Crippen molar-refractivity contribution in [3.63, 3.8) is 0 Å². The van der Waals surface area contributed by atoms with E-state index in [1.54, 1.807) is 11.0 Å². The van der Waals surface area contributed by atoms with E-state index in [2.05, 4.69) is 15.4 Å². The van der Waals surface area contributed by atoms with Crippen molar-refractivity contribution in [2.75, 3.05) is 5.32 Å². The minimum Gasteiger partial charge on any atom is -0.481 e. The Morgan fingerprint density at radius 1 is 1.16 bits per heavy atom. The van der Waals surface area contributed by atoms with Crippen molar-refractivity contribution < 1.29 is 14.7 Å². The predicted octanol–water partition coefficient (Wildman–Crippen LogP) is 1.79. The number of fused-ring (bicyclic) bond motifs is 2. The molecule has 7 nitrogen and oxygen atoms in total. The van der Waals surface area contributed by atoms with Crippen LogP contribution in [0, 0.1) is 23.7 Å². The van der Waals surface area contributed by atoms with Crippen LogP contribution in [0.2, 0.25) is 0 Å². The first kappa shape index (κ1) is 15.6. The molecular weight excluding hydrogens is 320 g/mol. The lowest BCUT2D eigenvalue weighted by Crippen LogP contribution is -2.36. The average molecular weight is 338 g/mol. The molecule has 4 atom stereocenters. The molecule has 1 heterocycles. The average Bonchev–Trinajstić information content (AvgIpc) is 3.32. The zero-order valence-electron chi connectivity index (χ0n) is 13.4. The number of carboxylic acids is 1. The Balaban J connectivity index is 1.44. The summed E-state index contributed by atoms with van der Waals surface area (Å²) in [6.07, 6.45) is 7.80. The van der Waals surface area contributed by atoms with E-state index < -0.39 is 17.8 Å². The number of carboxylic acid groups (broad SMARTS) is 1. The van der Waals surface area contributed by atoms with Gasteiger partial charge in [-0.1, -0.05) is 24.3 Å². The summed E-state index contributed by atoms with van der Waals surface area (Å²) >= 11 is 0. The second-order valence-corrected chi connectivity index (χ2v) is 6.62. The Morgan fingerprint density at radius 2 is 1.88 bits per heavy atom. The second kappa shape index (κ2) is 6.16. The molecule has 2 N–H and O–H groups in total. The quantitative estimate of drug-likeness (QED) is 0.810. The molecule has 128 valence electrons. The van der Waals surface area contributed by atoms with Crippen LogP contribution in [0.5, 0.6) is 0 Å². The van der Waals surface area contributed by atoms with Gasteiger partial charge in [0.2, 0.25) is 5.91 Å². The fraction of sp³-hybridized carbons (Fsp3) is 0.333. The molecule has 2 aliphatic carbocycles. The first-order valence-corrected chi connectivity index (χ1v) is 8.25. The SMILES string of the molecule is O=C(O)[C@@H]1[C@H](C(=O)Nc2ccc(Cn3cncn3)cc2)[C@@H]2C=C[C@H]1C2. The van der Waals surface area contributed by atoms with Crippen molar-refractivity contribution >= 4 is 17.6 Å². The van der Waals surface area contributed by atoms with E-state index in [4.69, 9.17) is 0 Å². The monoisotopic (exact) mass is 338 g/mol. The van der Waals surface area contributed by atoms with Crippen LogP contribution in [-0.4, -0.2) is 31.7 Å². The van der Waals surface area contributed by atoms with Crippen LogP contribution < -0.4 is 5.32 Å². The lowest BCUT2D eigenvalue weighted by molar-refractivity contribution is -0.146. The summed E-state index contributed by atoms with van der Waals surface area (Å²) in [5, 5.41) is 16.4. The largest absolute Gasteiger partial charge is 0.481 e. The molecule has 2 aromatic rings. The molecule has 7 heteroatoms. The van der Waals surface area contributed by atoms with Crippen LogP contribution in [0.4, 0.5) is 5.69 Å². The van der Waals surface area contributed by atoms with E-state index in [1.807, 2.05) is 36.4 Å². The zero-order valence-corrected chi connectivity index (χ0v) is 13.4. The number of rotatable bonds is 5. The molecule has 1 fully saturated rings. The fourth-order valence-electron chi connectivity index (χ4n) is 3.94. The van der Waals surface area contributed by atoms with Gasteiger partial charge in [0.1, 0.15) is 12.7 Å². The second-order valence-electron chi connectivity index (χ2n) is 6.62. The van der Waals surface area contributed by atoms with Gasteiger partial charge in [0.25, 0.3) is 0 Å². The molecule has 0 unspecified atom stereocenters. The Morgan fingerprint density at radius 3 is 2.52 bits per heavy atom. The van der Waals surface area contributed by atoms with Crippen LogP contribution in [0.15, 0.2) is 49.1 Å². The van der Waals surface area contributed by atoms with Gasteiger partial charge in [-0.05, 0) is 36.0 Å². The molecule has 1 amide bonds. The van der Waals surface area contributed by atoms with Gasteiger partial charge < -0.3 is 10.4 Å². The topological polar surface area (TPSA) is 97.1 Å². The van der Waals surface area contributed by atoms with Crippen molar-refractivity contribution in [3.05, 3.63) is 54.6 Å². The van der Waals surface area contributed by atoms with Gasteiger partial charge in [0, 0.05) is 5.69 Å². The van der Waals surface area contributed by atoms with Gasteiger partial charge in [-0.15, -0.1) is 0 Å². The number of carbonyl (C=O) groups excluding carboxylic acids is 1. The molecule has 1 aromatic carbocycles. The normalized spacial score (nSPS) is 26.7. The highest BCUT2D eigenvalue weighted by Gasteiger charge is 2.51. The number of aliphatic carboxylic acids is 1. The molecule has 0 saturated heterocycles. The van der Waals surface area contributed by atoms with Crippen molar-refractivity contribution in [3.8, 4) is 0 Å². The highest BCUT2D eigenvalue weighted by molar-refractivity contribution is 5.96. The van der Waals surface area contributed by atoms with E-state index >= 15 is 0 Å². The number of anilines is 1. The molecule has 0 radical (unpaired) electrons. The van der Waals surface area contributed by atoms with E-state index in [-0.39, 0.29) is 17.7 Å². The number of allylic oxidation sites excluding steroid dienone is 2. The minimum atomic E-state index is -0.889. The lowest BCUT2D eigenvalue weighted by atomic mass is 9.82. The van der Waals surface area contributed by atoms with Gasteiger partial charge in [0.15, 0.2) is 0 Å². The van der Waals surface area contributed by atoms with Gasteiger partial charge in [-0.2, -0.15) is 5.10 Å². The number of amides is 1. The molecule has 0 spiro atoms. The van der Waals surface area contributed by atoms with E-state index in [1.165, 1.54) is 6.33 Å². The van der Waals surface area contributed by atoms with E-state index in [9.17, 15) is 14.7 Å². The van der Waals surface area contributed by atoms with Crippen molar-refractivity contribution in [1.82, 2.24) is 14.8 Å². The van der Waals surface area contributed by atoms with Gasteiger partial charge >= 0.3 is 5.97 Å². The number of aromatic nitrogens is 3. The zero-order chi connectivity index (χ0) is 17.4. The first-order chi connectivity index (χ1) is 12.1. The Hall–Kier alpha value is -2.96. The Bertz CT molecular complexity index is 813. The summed E-state index contributed by atoms with van der Waals surface area (Å²) in [5.41, 5.74) is 1.71. The minimum absolute atomic E-state index is 0.0247. The van der Waals surface area contributed by atoms with Gasteiger partial charge in [-0.25, -0.2) is 9.67 Å². The number of hydrogen-bond donors (Lipinski definition) is 2. The van der Waals surface area contributed by atoms with Gasteiger partial charge in [-0.3, -0.25) is 9.59 Å². The Kier molecular flexibility index (Phi) is 3.83. The third-order valence-electron chi connectivity index (χ3n) is 5.08. The van der Waals surface area contributed by atoms with Gasteiger partial charge in [0.05, 0.1) is 18.4 Å². The summed E-state index contributed by atoms with van der Waals surface area (Å²) in [4.78, 5) is 28.1. The van der Waals surface area contributed by atoms with E-state index in [0.717, 1.165) is 12.0 Å². The summed E-state index contributed by atoms with van der Waals surface area (Å²) in [6.45, 7) is 0.604. The molecule has 1 saturated carbocycles. The smallest absolute Gasteiger partial charge is 0.307 e. The highest BCUT2D eigenvalue weighted by atomic mass is 16.4. The van der Waals surface area contributed by atoms with Crippen molar-refractivity contribution in [2.24, 2.45) is 23.7 Å². The number of carbonyl (C=O) groups is 2. The standard InChI is InChI=1S/C18H18N4O3/c23-17(15-12-3-4-13(7-12)16(15)18(24)25)21-14-5-1-11(2-6-14)8-22-10-19-9-20-22/h1-6,9-10,12-13,15-16H,7-8H2,(H,21,23)(H,24,25)/t12-,13+,15-,16+/m1/s1. The molecule has 2 bridgehead atoms. The van der Waals surface area contributed by atoms with Crippen LogP contribution in [0.3, 0.4) is 0 Å². The maximum atomic E-state index is 12.6. The highest BCUT2D eigenvalue weighted by Crippen LogP contribution is 2.48. The molecular formula is C18H18N4O3. The maximum absolute atomic E-state index is 12.6. The number of nitrogens with one attached hydrogen (secondary N) is 1. The van der Waals surface area contributed by atoms with Crippen LogP contribution >= 0.6 is 0 Å². The first-order valence-electron chi connectivity index (χ1n) is 8.25. The fourth-order valence-corrected chi connectivity index (χ4v) is 3.94. The van der Waals surface area contributed by atoms with Crippen LogP contribution in [0.25, 0.3) is 0 Å². The molecule has 0 aliphatic heterocycles. The van der Waals surface area contributed by atoms with Crippen molar-refractivity contribution in [2.45, 2.75) is 13.0 Å². The van der Waals surface area contributed by atoms with Crippen molar-refractivity contribution in [1.29, 1.82) is 0 Å². The maximum Gasteiger partial charge on any atom is 0.307 e. The summed E-state index contributed by atoms with van der Waals surface area (Å²) in [7, 11) is 0. The van der Waals surface area contributed by atoms with Crippen LogP contribution in [-0.2, 0) is 16.1 Å². The third kappa shape index (κ3) is 2.93. The molecule has 1 aromatic heterocycles. The molecule has 2 aliphatic rings. The summed E-state index contributed by atoms with van der Waals surface area (Å²) < 4.78 is 1.71. The lowest BCUT2D eigenvalue weighted by Gasteiger charge is -2.23. The number of hydrogen-bond acceptors (Lipinski definition) is 4. The molecule has 25 heavy (non-hydrogen) atoms. The summed E-state index contributed by atoms with van der Waals surface area (Å²) in [5.74, 6) is -2.22.